The van der Waals surface area contributed by atoms with Crippen molar-refractivity contribution in [1.82, 2.24) is 0 Å². The Kier molecular flexibility index (Phi) is 31.6. The van der Waals surface area contributed by atoms with Crippen LogP contribution in [0, 0.1) is 0 Å². The number of hydrogen-bond donors (Lipinski definition) is 3. The summed E-state index contributed by atoms with van der Waals surface area (Å²) in [5.74, 6) is -4.21. The smallest absolute Gasteiger partial charge is 1.00 e. The van der Waals surface area contributed by atoms with Gasteiger partial charge in [0.2, 0.25) is 0 Å². The third-order valence-corrected chi connectivity index (χ3v) is 1.04. The molecule has 0 spiro atoms. The molecule has 1 unspecified atom stereocenters. The van der Waals surface area contributed by atoms with Crippen LogP contribution in [0.5, 0.6) is 0 Å². The largest absolute Gasteiger partial charge is 1.00 e. The zero-order chi connectivity index (χ0) is 10.4. The Hall–Kier alpha value is 1.33. The van der Waals surface area contributed by atoms with Crippen LogP contribution in [0.3, 0.4) is 0 Å². The van der Waals surface area contributed by atoms with Crippen LogP contribution in [-0.4, -0.2) is 51.4 Å². The Labute approximate surface area is 168 Å². The summed E-state index contributed by atoms with van der Waals surface area (Å²) in [5.41, 5.74) is 0. The van der Waals surface area contributed by atoms with E-state index in [2.05, 4.69) is 4.74 Å². The van der Waals surface area contributed by atoms with E-state index >= 15 is 0 Å². The van der Waals surface area contributed by atoms with Gasteiger partial charge in [0, 0.05) is 0 Å². The molecule has 0 aliphatic heterocycles. The first-order valence-corrected chi connectivity index (χ1v) is 3.21. The van der Waals surface area contributed by atoms with Crippen molar-refractivity contribution in [2.24, 2.45) is 0 Å². The average molecular weight is 282 g/mol. The van der Waals surface area contributed by atoms with Crippen molar-refractivity contribution in [2.75, 3.05) is 6.61 Å². The summed E-state index contributed by atoms with van der Waals surface area (Å²) in [5, 5.41) is 24.7. The maximum absolute atomic E-state index is 10.3. The van der Waals surface area contributed by atoms with E-state index in [9.17, 15) is 14.4 Å². The Morgan fingerprint density at radius 2 is 1.41 bits per heavy atom. The Balaban J connectivity index is -0.0000000343. The molecule has 88 valence electrons. The first-order valence-electron chi connectivity index (χ1n) is 3.21. The van der Waals surface area contributed by atoms with Crippen LogP contribution in [0.25, 0.3) is 0 Å². The minimum Gasteiger partial charge on any atom is -1.00 e. The van der Waals surface area contributed by atoms with Crippen LogP contribution in [0.2, 0.25) is 0 Å². The fourth-order valence-corrected chi connectivity index (χ4v) is 0.548. The average Bonchev–Trinajstić information content (AvgIpc) is 1.96. The Morgan fingerprint density at radius 3 is 1.65 bits per heavy atom. The van der Waals surface area contributed by atoms with Crippen molar-refractivity contribution in [1.29, 1.82) is 0 Å². The van der Waals surface area contributed by atoms with E-state index in [0.29, 0.717) is 0 Å². The number of carbonyl (C=O) groups is 3. The summed E-state index contributed by atoms with van der Waals surface area (Å²) in [6, 6.07) is 0. The van der Waals surface area contributed by atoms with Gasteiger partial charge in [-0.1, -0.05) is 0 Å². The standard InChI is InChI=1S/C6H8O7.3Na.H2O.3H/c7-4(8)1-3(6(11)12)13-2-5(9)10;;;;;;;/h3H,1-2H2,(H,7,8)(H,9,10)(H,11,12);;;;1H2;;;/q;3*+1;;3*-1. The van der Waals surface area contributed by atoms with Crippen molar-refractivity contribution in [3.8, 4) is 0 Å². The van der Waals surface area contributed by atoms with E-state index < -0.39 is 37.0 Å². The summed E-state index contributed by atoms with van der Waals surface area (Å²) in [6.45, 7) is -0.829. The van der Waals surface area contributed by atoms with Gasteiger partial charge in [-0.25, -0.2) is 9.59 Å². The first kappa shape index (κ1) is 31.0. The van der Waals surface area contributed by atoms with Crippen molar-refractivity contribution >= 4 is 17.9 Å². The molecule has 8 nitrogen and oxygen atoms in total. The van der Waals surface area contributed by atoms with E-state index in [-0.39, 0.29) is 98.4 Å². The zero-order valence-electron chi connectivity index (χ0n) is 13.0. The first-order chi connectivity index (χ1) is 5.93. The second-order valence-corrected chi connectivity index (χ2v) is 2.13. The van der Waals surface area contributed by atoms with Crippen molar-refractivity contribution in [2.45, 2.75) is 12.5 Å². The molecule has 0 saturated carbocycles. The number of rotatable bonds is 6. The predicted octanol–water partition coefficient (Wildman–Crippen LogP) is -10.5. The molecular formula is C6H13Na3O8. The molecule has 0 heterocycles. The van der Waals surface area contributed by atoms with Gasteiger partial charge < -0.3 is 29.8 Å². The van der Waals surface area contributed by atoms with Crippen LogP contribution in [0.15, 0.2) is 0 Å². The maximum Gasteiger partial charge on any atom is 1.00 e. The van der Waals surface area contributed by atoms with Crippen molar-refractivity contribution in [3.05, 3.63) is 0 Å². The third kappa shape index (κ3) is 19.8. The Morgan fingerprint density at radius 1 is 1.00 bits per heavy atom. The summed E-state index contributed by atoms with van der Waals surface area (Å²) in [6.07, 6.45) is -2.38. The molecule has 0 aromatic rings. The van der Waals surface area contributed by atoms with Gasteiger partial charge in [0.15, 0.2) is 6.10 Å². The minimum atomic E-state index is -1.62. The number of carboxylic acids is 3. The second-order valence-electron chi connectivity index (χ2n) is 2.13. The Bertz CT molecular complexity index is 245. The molecule has 1 atom stereocenters. The number of hydrogen-bond acceptors (Lipinski definition) is 4. The SMILES string of the molecule is O.O=C(O)COC(CC(=O)O)C(=O)O.[H-].[H-].[H-].[Na+].[Na+].[Na+]. The number of aliphatic carboxylic acids is 3. The van der Waals surface area contributed by atoms with E-state index in [4.69, 9.17) is 15.3 Å². The quantitative estimate of drug-likeness (QED) is 0.409. The molecule has 0 fully saturated rings. The van der Waals surface area contributed by atoms with Crippen molar-refractivity contribution < 1.29 is 133 Å². The van der Waals surface area contributed by atoms with Crippen LogP contribution < -0.4 is 88.7 Å². The fourth-order valence-electron chi connectivity index (χ4n) is 0.548. The summed E-state index contributed by atoms with van der Waals surface area (Å²) in [4.78, 5) is 30.3. The van der Waals surface area contributed by atoms with Crippen LogP contribution in [0.4, 0.5) is 0 Å². The van der Waals surface area contributed by atoms with Gasteiger partial charge in [-0.2, -0.15) is 0 Å². The summed E-state index contributed by atoms with van der Waals surface area (Å²) in [7, 11) is 0. The molecule has 5 N–H and O–H groups in total. The monoisotopic (exact) mass is 282 g/mol. The maximum atomic E-state index is 10.3. The van der Waals surface area contributed by atoms with E-state index in [1.54, 1.807) is 0 Å². The molecule has 0 aromatic carbocycles. The van der Waals surface area contributed by atoms with E-state index in [1.807, 2.05) is 0 Å². The van der Waals surface area contributed by atoms with Gasteiger partial charge in [0.25, 0.3) is 0 Å². The molecule has 11 heteroatoms. The molecule has 17 heavy (non-hydrogen) atoms. The molecule has 0 saturated heterocycles. The molecule has 0 aliphatic rings. The zero-order valence-corrected chi connectivity index (χ0v) is 16.0. The molecule has 0 amide bonds. The van der Waals surface area contributed by atoms with E-state index in [1.165, 1.54) is 0 Å². The number of carboxylic acid groups (broad SMARTS) is 3. The van der Waals surface area contributed by atoms with Gasteiger partial charge in [-0.05, 0) is 0 Å². The van der Waals surface area contributed by atoms with Gasteiger partial charge in [-0.15, -0.1) is 0 Å². The molecule has 0 radical (unpaired) electrons. The van der Waals surface area contributed by atoms with Gasteiger partial charge in [0.05, 0.1) is 6.42 Å². The predicted molar refractivity (Wildman–Crippen MR) is 44.2 cm³/mol. The molecule has 0 bridgehead atoms. The van der Waals surface area contributed by atoms with E-state index in [0.717, 1.165) is 0 Å². The normalized spacial score (nSPS) is 9.18. The molecule has 0 aromatic heterocycles. The minimum absolute atomic E-state index is 0. The number of ether oxygens (including phenoxy) is 1. The van der Waals surface area contributed by atoms with Crippen LogP contribution >= 0.6 is 0 Å². The van der Waals surface area contributed by atoms with Crippen molar-refractivity contribution in [3.63, 3.8) is 0 Å². The summed E-state index contributed by atoms with van der Waals surface area (Å²) >= 11 is 0. The van der Waals surface area contributed by atoms with Crippen LogP contribution in [0.1, 0.15) is 10.7 Å². The van der Waals surface area contributed by atoms with Gasteiger partial charge >= 0.3 is 107 Å². The summed E-state index contributed by atoms with van der Waals surface area (Å²) < 4.78 is 4.30. The molecule has 0 aliphatic carbocycles. The molecular weight excluding hydrogens is 269 g/mol. The van der Waals surface area contributed by atoms with Gasteiger partial charge in [0.1, 0.15) is 6.61 Å². The fraction of sp³-hybridized carbons (Fsp3) is 0.500. The third-order valence-electron chi connectivity index (χ3n) is 1.04. The molecule has 0 rings (SSSR count). The topological polar surface area (TPSA) is 153 Å². The van der Waals surface area contributed by atoms with Gasteiger partial charge in [-0.3, -0.25) is 4.79 Å². The second kappa shape index (κ2) is 17.3. The van der Waals surface area contributed by atoms with Crippen LogP contribution in [-0.2, 0) is 19.1 Å².